The van der Waals surface area contributed by atoms with Gasteiger partial charge in [-0.05, 0) is 30.7 Å². The Balaban J connectivity index is 2.55. The Labute approximate surface area is 112 Å². The predicted octanol–water partition coefficient (Wildman–Crippen LogP) is 2.53. The van der Waals surface area contributed by atoms with Crippen molar-refractivity contribution in [2.24, 2.45) is 5.92 Å². The fourth-order valence-electron chi connectivity index (χ4n) is 1.41. The lowest BCUT2D eigenvalue weighted by atomic mass is 10.1. The zero-order valence-corrected chi connectivity index (χ0v) is 11.5. The number of rotatable bonds is 6. The van der Waals surface area contributed by atoms with Crippen LogP contribution in [0.2, 0.25) is 0 Å². The minimum Gasteiger partial charge on any atom is -0.493 e. The minimum atomic E-state index is -3.50. The molecule has 1 atom stereocenters. The first kappa shape index (κ1) is 14.8. The van der Waals surface area contributed by atoms with Gasteiger partial charge in [0.15, 0.2) is 0 Å². The van der Waals surface area contributed by atoms with Crippen LogP contribution in [0.15, 0.2) is 24.3 Å². The number of ether oxygens (including phenoxy) is 1. The summed E-state index contributed by atoms with van der Waals surface area (Å²) in [5.74, 6) is 0.379. The van der Waals surface area contributed by atoms with Crippen LogP contribution in [0.25, 0.3) is 0 Å². The van der Waals surface area contributed by atoms with E-state index in [0.717, 1.165) is 0 Å². The predicted molar refractivity (Wildman–Crippen MR) is 70.1 cm³/mol. The van der Waals surface area contributed by atoms with Gasteiger partial charge in [0, 0.05) is 16.6 Å². The molecule has 0 aliphatic rings. The van der Waals surface area contributed by atoms with Gasteiger partial charge in [0.25, 0.3) is 0 Å². The van der Waals surface area contributed by atoms with Crippen LogP contribution in [0.5, 0.6) is 5.75 Å². The summed E-state index contributed by atoms with van der Waals surface area (Å²) in [5, 5.41) is 8.64. The maximum absolute atomic E-state index is 11.0. The van der Waals surface area contributed by atoms with Gasteiger partial charge in [-0.1, -0.05) is 6.92 Å². The maximum Gasteiger partial charge on any atom is 0.232 e. The fraction of sp³-hybridized carbons (Fsp3) is 0.417. The molecular formula is C12H14ClNO3S. The molecule has 18 heavy (non-hydrogen) atoms. The van der Waals surface area contributed by atoms with Crippen LogP contribution in [0.1, 0.15) is 18.9 Å². The lowest BCUT2D eigenvalue weighted by molar-refractivity contribution is 0.258. The molecule has 0 aliphatic carbocycles. The Morgan fingerprint density at radius 3 is 2.44 bits per heavy atom. The highest BCUT2D eigenvalue weighted by Crippen LogP contribution is 2.15. The van der Waals surface area contributed by atoms with E-state index in [0.29, 0.717) is 17.7 Å². The number of hydrogen-bond donors (Lipinski definition) is 0. The van der Waals surface area contributed by atoms with Gasteiger partial charge in [-0.3, -0.25) is 0 Å². The molecule has 0 aliphatic heterocycles. The SMILES string of the molecule is CCC(COc1ccc(C#N)cc1)CS(=O)(=O)Cl. The maximum atomic E-state index is 11.0. The van der Waals surface area contributed by atoms with Crippen molar-refractivity contribution in [1.82, 2.24) is 0 Å². The molecule has 0 fully saturated rings. The van der Waals surface area contributed by atoms with Crippen molar-refractivity contribution >= 4 is 19.7 Å². The largest absolute Gasteiger partial charge is 0.493 e. The van der Waals surface area contributed by atoms with E-state index >= 15 is 0 Å². The Morgan fingerprint density at radius 1 is 1.39 bits per heavy atom. The van der Waals surface area contributed by atoms with Gasteiger partial charge in [0.1, 0.15) is 5.75 Å². The van der Waals surface area contributed by atoms with Crippen molar-refractivity contribution < 1.29 is 13.2 Å². The summed E-state index contributed by atoms with van der Waals surface area (Å²) in [6, 6.07) is 8.67. The average Bonchev–Trinajstić information content (AvgIpc) is 2.33. The summed E-state index contributed by atoms with van der Waals surface area (Å²) in [6.07, 6.45) is 0.669. The first-order valence-corrected chi connectivity index (χ1v) is 7.97. The molecule has 0 N–H and O–H groups in total. The van der Waals surface area contributed by atoms with E-state index in [4.69, 9.17) is 20.7 Å². The van der Waals surface area contributed by atoms with Crippen LogP contribution >= 0.6 is 10.7 Å². The normalized spacial score (nSPS) is 12.7. The molecule has 6 heteroatoms. The average molecular weight is 288 g/mol. The molecule has 0 radical (unpaired) electrons. The van der Waals surface area contributed by atoms with E-state index in [1.807, 2.05) is 13.0 Å². The molecule has 0 saturated heterocycles. The monoisotopic (exact) mass is 287 g/mol. The van der Waals surface area contributed by atoms with E-state index in [1.165, 1.54) is 0 Å². The van der Waals surface area contributed by atoms with Crippen LogP contribution < -0.4 is 4.74 Å². The minimum absolute atomic E-state index is 0.0959. The van der Waals surface area contributed by atoms with Gasteiger partial charge in [-0.2, -0.15) is 5.26 Å². The highest BCUT2D eigenvalue weighted by molar-refractivity contribution is 8.13. The van der Waals surface area contributed by atoms with E-state index in [-0.39, 0.29) is 18.3 Å². The highest BCUT2D eigenvalue weighted by Gasteiger charge is 2.16. The molecule has 0 saturated carbocycles. The molecule has 1 rings (SSSR count). The van der Waals surface area contributed by atoms with Crippen LogP contribution in [0.4, 0.5) is 0 Å². The van der Waals surface area contributed by atoms with Gasteiger partial charge in [0.05, 0.1) is 24.0 Å². The van der Waals surface area contributed by atoms with Crippen molar-refractivity contribution in [3.05, 3.63) is 29.8 Å². The zero-order chi connectivity index (χ0) is 13.6. The van der Waals surface area contributed by atoms with Gasteiger partial charge in [-0.15, -0.1) is 0 Å². The Hall–Kier alpha value is -1.25. The van der Waals surface area contributed by atoms with Crippen molar-refractivity contribution in [1.29, 1.82) is 5.26 Å². The summed E-state index contributed by atoms with van der Waals surface area (Å²) < 4.78 is 27.4. The zero-order valence-electron chi connectivity index (χ0n) is 9.97. The molecule has 1 unspecified atom stereocenters. The van der Waals surface area contributed by atoms with Crippen molar-refractivity contribution in [3.8, 4) is 11.8 Å². The van der Waals surface area contributed by atoms with Crippen LogP contribution in [0, 0.1) is 17.2 Å². The second-order valence-corrected chi connectivity index (χ2v) is 6.75. The highest BCUT2D eigenvalue weighted by atomic mass is 35.7. The summed E-state index contributed by atoms with van der Waals surface area (Å²) in [6.45, 7) is 2.17. The molecule has 0 heterocycles. The van der Waals surface area contributed by atoms with E-state index in [2.05, 4.69) is 0 Å². The van der Waals surface area contributed by atoms with Crippen molar-refractivity contribution in [2.45, 2.75) is 13.3 Å². The Bertz CT molecular complexity index is 519. The Morgan fingerprint density at radius 2 is 2.00 bits per heavy atom. The van der Waals surface area contributed by atoms with E-state index in [1.54, 1.807) is 24.3 Å². The molecule has 4 nitrogen and oxygen atoms in total. The summed E-state index contributed by atoms with van der Waals surface area (Å²) in [7, 11) is 1.71. The molecular weight excluding hydrogens is 274 g/mol. The van der Waals surface area contributed by atoms with Gasteiger partial charge >= 0.3 is 0 Å². The second kappa shape index (κ2) is 6.62. The molecule has 0 amide bonds. The number of halogens is 1. The van der Waals surface area contributed by atoms with Crippen LogP contribution in [-0.2, 0) is 9.05 Å². The smallest absolute Gasteiger partial charge is 0.232 e. The first-order valence-electron chi connectivity index (χ1n) is 5.50. The quantitative estimate of drug-likeness (QED) is 0.754. The van der Waals surface area contributed by atoms with Gasteiger partial charge in [0.2, 0.25) is 9.05 Å². The lowest BCUT2D eigenvalue weighted by Crippen LogP contribution is -2.18. The lowest BCUT2D eigenvalue weighted by Gasteiger charge is -2.14. The number of nitriles is 1. The standard InChI is InChI=1S/C12H14ClNO3S/c1-2-10(9-18(13,15)16)8-17-12-5-3-11(7-14)4-6-12/h3-6,10H,2,8-9H2,1H3. The van der Waals surface area contributed by atoms with E-state index < -0.39 is 9.05 Å². The summed E-state index contributed by atoms with van der Waals surface area (Å²) >= 11 is 0. The molecule has 0 bridgehead atoms. The van der Waals surface area contributed by atoms with Gasteiger partial charge < -0.3 is 4.74 Å². The third-order valence-electron chi connectivity index (χ3n) is 2.48. The topological polar surface area (TPSA) is 67.2 Å². The third-order valence-corrected chi connectivity index (χ3v) is 3.73. The molecule has 1 aromatic rings. The van der Waals surface area contributed by atoms with Crippen LogP contribution in [-0.4, -0.2) is 20.8 Å². The second-order valence-electron chi connectivity index (χ2n) is 3.93. The van der Waals surface area contributed by atoms with E-state index in [9.17, 15) is 8.42 Å². The van der Waals surface area contributed by atoms with Crippen molar-refractivity contribution in [3.63, 3.8) is 0 Å². The van der Waals surface area contributed by atoms with Crippen LogP contribution in [0.3, 0.4) is 0 Å². The molecule has 1 aromatic carbocycles. The Kier molecular flexibility index (Phi) is 5.45. The van der Waals surface area contributed by atoms with Crippen molar-refractivity contribution in [2.75, 3.05) is 12.4 Å². The van der Waals surface area contributed by atoms with Gasteiger partial charge in [-0.25, -0.2) is 8.42 Å². The number of nitrogens with zero attached hydrogens (tertiary/aromatic N) is 1. The first-order chi connectivity index (χ1) is 8.44. The molecule has 98 valence electrons. The molecule has 0 spiro atoms. The molecule has 0 aromatic heterocycles. The number of benzene rings is 1. The summed E-state index contributed by atoms with van der Waals surface area (Å²) in [5.41, 5.74) is 0.553. The fourth-order valence-corrected chi connectivity index (χ4v) is 2.83. The number of hydrogen-bond acceptors (Lipinski definition) is 4. The summed E-state index contributed by atoms with van der Waals surface area (Å²) in [4.78, 5) is 0. The third kappa shape index (κ3) is 5.39.